The summed E-state index contributed by atoms with van der Waals surface area (Å²) in [4.78, 5) is 19.7. The maximum Gasteiger partial charge on any atom is 0.490 e. The third-order valence-corrected chi connectivity index (χ3v) is 1.64. The Morgan fingerprint density at radius 1 is 1.26 bits per heavy atom. The summed E-state index contributed by atoms with van der Waals surface area (Å²) in [7, 11) is 2.60. The number of carbonyl (C=O) groups excluding carboxylic acids is 1. The van der Waals surface area contributed by atoms with Crippen LogP contribution >= 0.6 is 0 Å². The van der Waals surface area contributed by atoms with Crippen LogP contribution in [-0.4, -0.2) is 49.3 Å². The Balaban J connectivity index is 0. The van der Waals surface area contributed by atoms with Crippen LogP contribution in [0.5, 0.6) is 0 Å². The number of ether oxygens (including phenoxy) is 1. The molecule has 114 valence electrons. The second-order valence-corrected chi connectivity index (χ2v) is 3.44. The van der Waals surface area contributed by atoms with Crippen molar-refractivity contribution in [3.05, 3.63) is 0 Å². The average Bonchev–Trinajstić information content (AvgIpc) is 2.23. The number of alkyl halides is 5. The normalized spacial score (nSPS) is 13.1. The van der Waals surface area contributed by atoms with Crippen LogP contribution in [0.1, 0.15) is 13.3 Å². The molecule has 19 heavy (non-hydrogen) atoms. The number of carbonyl (C=O) groups is 2. The Morgan fingerprint density at radius 2 is 1.63 bits per heavy atom. The van der Waals surface area contributed by atoms with Gasteiger partial charge in [-0.15, -0.1) is 0 Å². The van der Waals surface area contributed by atoms with Crippen LogP contribution in [0, 0.1) is 0 Å². The molecule has 0 unspecified atom stereocenters. The summed E-state index contributed by atoms with van der Waals surface area (Å²) in [6, 6.07) is -0.935. The molecule has 0 saturated carbocycles. The van der Waals surface area contributed by atoms with Crippen LogP contribution in [-0.2, 0) is 14.3 Å². The van der Waals surface area contributed by atoms with E-state index in [1.165, 1.54) is 14.2 Å². The second-order valence-electron chi connectivity index (χ2n) is 3.44. The van der Waals surface area contributed by atoms with Gasteiger partial charge in [-0.3, -0.25) is 4.79 Å². The number of methoxy groups -OCH3 is 1. The molecular weight excluding hydrogens is 281 g/mol. The molecule has 0 fully saturated rings. The van der Waals surface area contributed by atoms with Gasteiger partial charge in [0, 0.05) is 6.42 Å². The van der Waals surface area contributed by atoms with Crippen molar-refractivity contribution in [1.29, 1.82) is 0 Å². The molecule has 10 heteroatoms. The molecule has 0 heterocycles. The number of carboxylic acids is 1. The zero-order chi connectivity index (χ0) is 15.9. The first-order valence-electron chi connectivity index (χ1n) is 4.78. The fraction of sp³-hybridized carbons (Fsp3) is 0.778. The topological polar surface area (TPSA) is 75.6 Å². The van der Waals surface area contributed by atoms with Gasteiger partial charge in [0.1, 0.15) is 6.04 Å². The second kappa shape index (κ2) is 7.87. The Morgan fingerprint density at radius 3 is 1.79 bits per heavy atom. The standard InChI is InChI=1S/C7H13F2NO2.C2HF3O2/c1-7(8,9)4-5(10-2)6(11)12-3;3-2(4,5)1(6)7/h5,10H,4H2,1-3H3;(H,6,7)/t5-;/m1./s1. The lowest BCUT2D eigenvalue weighted by Gasteiger charge is -2.17. The quantitative estimate of drug-likeness (QED) is 0.606. The van der Waals surface area contributed by atoms with Crippen LogP contribution < -0.4 is 5.32 Å². The van der Waals surface area contributed by atoms with Gasteiger partial charge in [-0.25, -0.2) is 13.6 Å². The molecule has 0 bridgehead atoms. The Hall–Kier alpha value is -1.45. The molecule has 0 aliphatic rings. The summed E-state index contributed by atoms with van der Waals surface area (Å²) in [6.07, 6.45) is -5.63. The van der Waals surface area contributed by atoms with Crippen molar-refractivity contribution in [2.24, 2.45) is 0 Å². The molecule has 1 atom stereocenters. The highest BCUT2D eigenvalue weighted by atomic mass is 19.4. The fourth-order valence-corrected chi connectivity index (χ4v) is 0.804. The van der Waals surface area contributed by atoms with Gasteiger partial charge < -0.3 is 15.2 Å². The summed E-state index contributed by atoms with van der Waals surface area (Å²) < 4.78 is 60.9. The van der Waals surface area contributed by atoms with E-state index in [9.17, 15) is 26.7 Å². The van der Waals surface area contributed by atoms with Gasteiger partial charge >= 0.3 is 18.1 Å². The maximum absolute atomic E-state index is 12.4. The summed E-state index contributed by atoms with van der Waals surface area (Å²) in [5.41, 5.74) is 0. The SMILES string of the molecule is CN[C@H](CC(C)(F)F)C(=O)OC.O=C(O)C(F)(F)F. The Bertz CT molecular complexity index is 300. The van der Waals surface area contributed by atoms with E-state index in [4.69, 9.17) is 9.90 Å². The van der Waals surface area contributed by atoms with E-state index in [2.05, 4.69) is 10.1 Å². The molecule has 0 amide bonds. The zero-order valence-electron chi connectivity index (χ0n) is 10.3. The van der Waals surface area contributed by atoms with Crippen molar-refractivity contribution < 1.29 is 41.4 Å². The lowest BCUT2D eigenvalue weighted by atomic mass is 10.1. The Labute approximate surface area is 105 Å². The smallest absolute Gasteiger partial charge is 0.475 e. The number of nitrogens with one attached hydrogen (secondary N) is 1. The number of rotatable bonds is 4. The minimum absolute atomic E-state index is 0.545. The zero-order valence-corrected chi connectivity index (χ0v) is 10.3. The van der Waals surface area contributed by atoms with Crippen molar-refractivity contribution in [3.63, 3.8) is 0 Å². The van der Waals surface area contributed by atoms with Gasteiger partial charge in [-0.05, 0) is 14.0 Å². The predicted molar refractivity (Wildman–Crippen MR) is 53.8 cm³/mol. The summed E-state index contributed by atoms with van der Waals surface area (Å²) in [6.45, 7) is 0.764. The van der Waals surface area contributed by atoms with Crippen molar-refractivity contribution in [3.8, 4) is 0 Å². The van der Waals surface area contributed by atoms with Crippen LogP contribution in [0.15, 0.2) is 0 Å². The first-order valence-corrected chi connectivity index (χ1v) is 4.78. The maximum atomic E-state index is 12.4. The molecule has 0 spiro atoms. The largest absolute Gasteiger partial charge is 0.490 e. The number of likely N-dealkylation sites (N-methyl/N-ethyl adjacent to an activating group) is 1. The highest BCUT2D eigenvalue weighted by Crippen LogP contribution is 2.19. The molecule has 5 nitrogen and oxygen atoms in total. The Kier molecular flexibility index (Phi) is 8.23. The van der Waals surface area contributed by atoms with Crippen molar-refractivity contribution in [1.82, 2.24) is 5.32 Å². The number of aliphatic carboxylic acids is 1. The van der Waals surface area contributed by atoms with E-state index in [1.54, 1.807) is 0 Å². The van der Waals surface area contributed by atoms with E-state index >= 15 is 0 Å². The monoisotopic (exact) mass is 295 g/mol. The van der Waals surface area contributed by atoms with Gasteiger partial charge in [0.05, 0.1) is 7.11 Å². The highest BCUT2D eigenvalue weighted by Gasteiger charge is 2.38. The van der Waals surface area contributed by atoms with E-state index in [-0.39, 0.29) is 0 Å². The van der Waals surface area contributed by atoms with Gasteiger partial charge in [-0.1, -0.05) is 0 Å². The van der Waals surface area contributed by atoms with Crippen LogP contribution in [0.25, 0.3) is 0 Å². The van der Waals surface area contributed by atoms with E-state index in [0.29, 0.717) is 0 Å². The van der Waals surface area contributed by atoms with Gasteiger partial charge in [0.25, 0.3) is 0 Å². The van der Waals surface area contributed by atoms with E-state index in [1.807, 2.05) is 0 Å². The van der Waals surface area contributed by atoms with Gasteiger partial charge in [0.2, 0.25) is 5.92 Å². The highest BCUT2D eigenvalue weighted by molar-refractivity contribution is 5.75. The van der Waals surface area contributed by atoms with Crippen molar-refractivity contribution in [2.45, 2.75) is 31.5 Å². The molecule has 0 aromatic carbocycles. The summed E-state index contributed by atoms with van der Waals surface area (Å²) in [5, 5.41) is 9.58. The summed E-state index contributed by atoms with van der Waals surface area (Å²) >= 11 is 0. The molecule has 0 rings (SSSR count). The van der Waals surface area contributed by atoms with Crippen LogP contribution in [0.4, 0.5) is 22.0 Å². The number of halogens is 5. The van der Waals surface area contributed by atoms with Gasteiger partial charge in [-0.2, -0.15) is 13.2 Å². The van der Waals surface area contributed by atoms with Crippen molar-refractivity contribution >= 4 is 11.9 Å². The predicted octanol–water partition coefficient (Wildman–Crippen LogP) is 1.43. The average molecular weight is 295 g/mol. The number of esters is 1. The number of hydrogen-bond acceptors (Lipinski definition) is 4. The molecule has 0 saturated heterocycles. The molecule has 0 aliphatic carbocycles. The first-order chi connectivity index (χ1) is 8.35. The fourth-order valence-electron chi connectivity index (χ4n) is 0.804. The molecule has 0 aromatic rings. The minimum Gasteiger partial charge on any atom is -0.475 e. The van der Waals surface area contributed by atoms with Crippen molar-refractivity contribution in [2.75, 3.05) is 14.2 Å². The lowest BCUT2D eigenvalue weighted by molar-refractivity contribution is -0.192. The van der Waals surface area contributed by atoms with Crippen LogP contribution in [0.3, 0.4) is 0 Å². The molecule has 0 aromatic heterocycles. The lowest BCUT2D eigenvalue weighted by Crippen LogP contribution is -2.39. The number of hydrogen-bond donors (Lipinski definition) is 2. The molecular formula is C9H14F5NO4. The van der Waals surface area contributed by atoms with E-state index in [0.717, 1.165) is 6.92 Å². The first kappa shape index (κ1) is 19.9. The molecule has 2 N–H and O–H groups in total. The van der Waals surface area contributed by atoms with E-state index < -0.39 is 36.5 Å². The third-order valence-electron chi connectivity index (χ3n) is 1.64. The number of carboxylic acid groups (broad SMARTS) is 1. The minimum atomic E-state index is -5.08. The molecule has 0 radical (unpaired) electrons. The molecule has 0 aliphatic heterocycles. The summed E-state index contributed by atoms with van der Waals surface area (Å²) in [5.74, 6) is -6.28. The van der Waals surface area contributed by atoms with Gasteiger partial charge in [0.15, 0.2) is 0 Å². The third kappa shape index (κ3) is 11.4. The van der Waals surface area contributed by atoms with Crippen LogP contribution in [0.2, 0.25) is 0 Å².